The van der Waals surface area contributed by atoms with E-state index >= 15 is 0 Å². The minimum Gasteiger partial charge on any atom is -0.493 e. The van der Waals surface area contributed by atoms with Gasteiger partial charge in [-0.3, -0.25) is 4.90 Å². The molecule has 0 unspecified atom stereocenters. The Morgan fingerprint density at radius 3 is 2.58 bits per heavy atom. The first-order valence-electron chi connectivity index (χ1n) is 7.12. The molecule has 1 aliphatic heterocycles. The third-order valence-corrected chi connectivity index (χ3v) is 4.01. The second-order valence-corrected chi connectivity index (χ2v) is 5.52. The van der Waals surface area contributed by atoms with Crippen LogP contribution >= 0.6 is 0 Å². The number of hydrogen-bond donors (Lipinski definition) is 0. The molecule has 3 nitrogen and oxygen atoms in total. The van der Waals surface area contributed by atoms with E-state index in [2.05, 4.69) is 30.9 Å². The molecule has 1 saturated heterocycles. The number of nitrogens with zero attached hydrogens (tertiary/aromatic N) is 1. The average molecular weight is 263 g/mol. The van der Waals surface area contributed by atoms with Crippen LogP contribution in [0.1, 0.15) is 32.3 Å². The molecule has 3 heteroatoms. The molecule has 0 aromatic heterocycles. The van der Waals surface area contributed by atoms with Crippen LogP contribution in [0.4, 0.5) is 0 Å². The molecule has 1 atom stereocenters. The smallest absolute Gasteiger partial charge is 0.160 e. The van der Waals surface area contributed by atoms with Crippen molar-refractivity contribution in [3.63, 3.8) is 0 Å². The maximum Gasteiger partial charge on any atom is 0.160 e. The first kappa shape index (κ1) is 14.2. The summed E-state index contributed by atoms with van der Waals surface area (Å²) in [4.78, 5) is 2.61. The summed E-state index contributed by atoms with van der Waals surface area (Å²) >= 11 is 0. The molecule has 0 spiro atoms. The first-order chi connectivity index (χ1) is 9.15. The van der Waals surface area contributed by atoms with Crippen molar-refractivity contribution in [2.75, 3.05) is 20.8 Å². The van der Waals surface area contributed by atoms with Gasteiger partial charge in [-0.15, -0.1) is 0 Å². The molecule has 0 aliphatic carbocycles. The topological polar surface area (TPSA) is 21.7 Å². The van der Waals surface area contributed by atoms with Gasteiger partial charge < -0.3 is 9.47 Å². The van der Waals surface area contributed by atoms with Gasteiger partial charge in [0, 0.05) is 12.1 Å². The summed E-state index contributed by atoms with van der Waals surface area (Å²) in [5, 5.41) is 0. The van der Waals surface area contributed by atoms with Crippen LogP contribution in [0.3, 0.4) is 0 Å². The Labute approximate surface area is 116 Å². The van der Waals surface area contributed by atoms with E-state index in [-0.39, 0.29) is 0 Å². The highest BCUT2D eigenvalue weighted by molar-refractivity contribution is 5.43. The van der Waals surface area contributed by atoms with Gasteiger partial charge in [0.05, 0.1) is 14.2 Å². The van der Waals surface area contributed by atoms with Crippen LogP contribution in [0.5, 0.6) is 11.5 Å². The van der Waals surface area contributed by atoms with Gasteiger partial charge in [-0.2, -0.15) is 0 Å². The lowest BCUT2D eigenvalue weighted by atomic mass is 10.0. The van der Waals surface area contributed by atoms with Gasteiger partial charge in [0.1, 0.15) is 0 Å². The van der Waals surface area contributed by atoms with Crippen molar-refractivity contribution in [3.8, 4) is 11.5 Å². The Hall–Kier alpha value is -1.22. The third-order valence-electron chi connectivity index (χ3n) is 4.01. The van der Waals surface area contributed by atoms with E-state index in [1.165, 1.54) is 24.9 Å². The Kier molecular flexibility index (Phi) is 4.70. The van der Waals surface area contributed by atoms with Gasteiger partial charge in [0.25, 0.3) is 0 Å². The lowest BCUT2D eigenvalue weighted by molar-refractivity contribution is 0.202. The Morgan fingerprint density at radius 2 is 1.95 bits per heavy atom. The minimum atomic E-state index is 0.632. The molecule has 1 aromatic rings. The van der Waals surface area contributed by atoms with E-state index < -0.39 is 0 Å². The number of ether oxygens (including phenoxy) is 2. The predicted octanol–water partition coefficient (Wildman–Crippen LogP) is 3.12. The molecule has 0 N–H and O–H groups in total. The van der Waals surface area contributed by atoms with Gasteiger partial charge in [-0.1, -0.05) is 6.07 Å². The zero-order valence-electron chi connectivity index (χ0n) is 12.5. The largest absolute Gasteiger partial charge is 0.493 e. The molecule has 106 valence electrons. The van der Waals surface area contributed by atoms with Crippen LogP contribution in [0.25, 0.3) is 0 Å². The van der Waals surface area contributed by atoms with Gasteiger partial charge in [-0.25, -0.2) is 0 Å². The van der Waals surface area contributed by atoms with Crippen LogP contribution in [-0.2, 0) is 6.42 Å². The molecule has 0 bridgehead atoms. The fourth-order valence-corrected chi connectivity index (χ4v) is 3.04. The summed E-state index contributed by atoms with van der Waals surface area (Å²) in [6, 6.07) is 7.56. The zero-order valence-corrected chi connectivity index (χ0v) is 12.5. The van der Waals surface area contributed by atoms with Crippen molar-refractivity contribution in [2.45, 2.75) is 45.2 Å². The van der Waals surface area contributed by atoms with Gasteiger partial charge in [0.2, 0.25) is 0 Å². The summed E-state index contributed by atoms with van der Waals surface area (Å²) in [7, 11) is 3.37. The average Bonchev–Trinajstić information content (AvgIpc) is 2.87. The third kappa shape index (κ3) is 3.21. The van der Waals surface area contributed by atoms with Gasteiger partial charge >= 0.3 is 0 Å². The molecule has 0 saturated carbocycles. The summed E-state index contributed by atoms with van der Waals surface area (Å²) in [5.41, 5.74) is 1.33. The van der Waals surface area contributed by atoms with E-state index in [9.17, 15) is 0 Å². The fraction of sp³-hybridized carbons (Fsp3) is 0.625. The van der Waals surface area contributed by atoms with E-state index in [4.69, 9.17) is 9.47 Å². The number of methoxy groups -OCH3 is 2. The van der Waals surface area contributed by atoms with Crippen molar-refractivity contribution in [1.29, 1.82) is 0 Å². The zero-order chi connectivity index (χ0) is 13.8. The number of likely N-dealkylation sites (tertiary alicyclic amines) is 1. The Bertz CT molecular complexity index is 417. The minimum absolute atomic E-state index is 0.632. The summed E-state index contributed by atoms with van der Waals surface area (Å²) < 4.78 is 10.7. The molecule has 2 rings (SSSR count). The van der Waals surface area contributed by atoms with E-state index in [1.54, 1.807) is 14.2 Å². The second-order valence-electron chi connectivity index (χ2n) is 5.52. The van der Waals surface area contributed by atoms with Crippen LogP contribution in [0.2, 0.25) is 0 Å². The molecule has 1 fully saturated rings. The SMILES string of the molecule is COc1ccc(C[C@@H]2CCCN2C(C)C)cc1OC. The molecule has 0 radical (unpaired) electrons. The number of benzene rings is 1. The van der Waals surface area contributed by atoms with E-state index in [0.29, 0.717) is 12.1 Å². The fourth-order valence-electron chi connectivity index (χ4n) is 3.04. The summed E-state index contributed by atoms with van der Waals surface area (Å²) in [5.74, 6) is 1.63. The summed E-state index contributed by atoms with van der Waals surface area (Å²) in [6.45, 7) is 5.80. The molecule has 1 aromatic carbocycles. The number of hydrogen-bond acceptors (Lipinski definition) is 3. The van der Waals surface area contributed by atoms with Crippen LogP contribution in [-0.4, -0.2) is 37.7 Å². The molecular formula is C16H25NO2. The highest BCUT2D eigenvalue weighted by Gasteiger charge is 2.26. The lowest BCUT2D eigenvalue weighted by Crippen LogP contribution is -2.36. The van der Waals surface area contributed by atoms with Crippen molar-refractivity contribution < 1.29 is 9.47 Å². The first-order valence-corrected chi connectivity index (χ1v) is 7.12. The van der Waals surface area contributed by atoms with E-state index in [1.807, 2.05) is 6.07 Å². The molecule has 1 aliphatic rings. The maximum atomic E-state index is 5.38. The van der Waals surface area contributed by atoms with Crippen molar-refractivity contribution in [1.82, 2.24) is 4.90 Å². The maximum absolute atomic E-state index is 5.38. The van der Waals surface area contributed by atoms with Crippen LogP contribution in [0, 0.1) is 0 Å². The molecule has 1 heterocycles. The lowest BCUT2D eigenvalue weighted by Gasteiger charge is -2.28. The predicted molar refractivity (Wildman–Crippen MR) is 78.1 cm³/mol. The highest BCUT2D eigenvalue weighted by Crippen LogP contribution is 2.30. The monoisotopic (exact) mass is 263 g/mol. The molecular weight excluding hydrogens is 238 g/mol. The van der Waals surface area contributed by atoms with Crippen molar-refractivity contribution in [2.24, 2.45) is 0 Å². The van der Waals surface area contributed by atoms with Crippen molar-refractivity contribution in [3.05, 3.63) is 23.8 Å². The van der Waals surface area contributed by atoms with Crippen LogP contribution < -0.4 is 9.47 Å². The number of rotatable bonds is 5. The van der Waals surface area contributed by atoms with Crippen LogP contribution in [0.15, 0.2) is 18.2 Å². The Balaban J connectivity index is 2.10. The van der Waals surface area contributed by atoms with Gasteiger partial charge in [0.15, 0.2) is 11.5 Å². The standard InChI is InChI=1S/C16H25NO2/c1-12(2)17-9-5-6-14(17)10-13-7-8-15(18-3)16(11-13)19-4/h7-8,11-12,14H,5-6,9-10H2,1-4H3/t14-/m0/s1. The summed E-state index contributed by atoms with van der Waals surface area (Å²) in [6.07, 6.45) is 3.71. The quantitative estimate of drug-likeness (QED) is 0.814. The molecule has 19 heavy (non-hydrogen) atoms. The van der Waals surface area contributed by atoms with Crippen molar-refractivity contribution >= 4 is 0 Å². The Morgan fingerprint density at radius 1 is 1.21 bits per heavy atom. The second kappa shape index (κ2) is 6.29. The van der Waals surface area contributed by atoms with E-state index in [0.717, 1.165) is 17.9 Å². The highest BCUT2D eigenvalue weighted by atomic mass is 16.5. The molecule has 0 amide bonds. The normalized spacial score (nSPS) is 19.9. The van der Waals surface area contributed by atoms with Gasteiger partial charge in [-0.05, 0) is 57.4 Å².